The SMILES string of the molecule is C=CCn1c(SCC(=O)NCc2ccc(Cl)cc2)nnc1C1CCCCC1. The lowest BCUT2D eigenvalue weighted by Crippen LogP contribution is -2.24. The molecule has 7 heteroatoms. The maximum atomic E-state index is 12.2. The van der Waals surface area contributed by atoms with Crippen LogP contribution in [0.25, 0.3) is 0 Å². The molecule has 0 aliphatic heterocycles. The summed E-state index contributed by atoms with van der Waals surface area (Å²) in [5.41, 5.74) is 1.02. The van der Waals surface area contributed by atoms with Crippen LogP contribution in [0, 0.1) is 0 Å². The maximum Gasteiger partial charge on any atom is 0.230 e. The molecule has 0 atom stereocenters. The zero-order valence-electron chi connectivity index (χ0n) is 15.4. The van der Waals surface area contributed by atoms with Crippen molar-refractivity contribution in [3.63, 3.8) is 0 Å². The third-order valence-electron chi connectivity index (χ3n) is 4.76. The number of allylic oxidation sites excluding steroid dienone is 1. The molecule has 144 valence electrons. The second-order valence-corrected chi connectivity index (χ2v) is 8.15. The normalized spacial score (nSPS) is 14.9. The summed E-state index contributed by atoms with van der Waals surface area (Å²) >= 11 is 7.30. The Morgan fingerprint density at radius 1 is 1.26 bits per heavy atom. The molecule has 0 saturated heterocycles. The van der Waals surface area contributed by atoms with E-state index in [9.17, 15) is 4.79 Å². The predicted octanol–water partition coefficient (Wildman–Crippen LogP) is 4.57. The van der Waals surface area contributed by atoms with E-state index in [4.69, 9.17) is 11.6 Å². The molecule has 1 amide bonds. The minimum atomic E-state index is -0.0256. The molecule has 1 aromatic carbocycles. The highest BCUT2D eigenvalue weighted by molar-refractivity contribution is 7.99. The number of aromatic nitrogens is 3. The van der Waals surface area contributed by atoms with Crippen LogP contribution in [0.15, 0.2) is 42.1 Å². The Bertz CT molecular complexity index is 769. The van der Waals surface area contributed by atoms with E-state index in [1.165, 1.54) is 43.9 Å². The minimum absolute atomic E-state index is 0.0256. The van der Waals surface area contributed by atoms with Gasteiger partial charge in [0.1, 0.15) is 5.82 Å². The second-order valence-electron chi connectivity index (χ2n) is 6.77. The van der Waals surface area contributed by atoms with Gasteiger partial charge in [-0.2, -0.15) is 0 Å². The summed E-state index contributed by atoms with van der Waals surface area (Å²) in [6.45, 7) is 5.02. The van der Waals surface area contributed by atoms with E-state index in [0.717, 1.165) is 16.5 Å². The maximum absolute atomic E-state index is 12.2. The number of nitrogens with zero attached hydrogens (tertiary/aromatic N) is 3. The molecule has 1 N–H and O–H groups in total. The van der Waals surface area contributed by atoms with E-state index in [0.29, 0.717) is 29.8 Å². The van der Waals surface area contributed by atoms with E-state index in [-0.39, 0.29) is 5.91 Å². The van der Waals surface area contributed by atoms with Crippen LogP contribution in [0.3, 0.4) is 0 Å². The highest BCUT2D eigenvalue weighted by Gasteiger charge is 2.23. The lowest BCUT2D eigenvalue weighted by atomic mass is 9.89. The van der Waals surface area contributed by atoms with Crippen LogP contribution >= 0.6 is 23.4 Å². The molecule has 1 heterocycles. The van der Waals surface area contributed by atoms with Crippen LogP contribution in [0.2, 0.25) is 5.02 Å². The Balaban J connectivity index is 1.56. The third kappa shape index (κ3) is 5.59. The minimum Gasteiger partial charge on any atom is -0.351 e. The van der Waals surface area contributed by atoms with Gasteiger partial charge in [0.15, 0.2) is 5.16 Å². The Kier molecular flexibility index (Phi) is 7.35. The molecule has 2 aromatic rings. The van der Waals surface area contributed by atoms with Crippen LogP contribution in [-0.2, 0) is 17.9 Å². The van der Waals surface area contributed by atoms with E-state index in [1.807, 2.05) is 30.3 Å². The zero-order chi connectivity index (χ0) is 19.1. The molecular formula is C20H25ClN4OS. The van der Waals surface area contributed by atoms with E-state index >= 15 is 0 Å². The van der Waals surface area contributed by atoms with Crippen LogP contribution in [-0.4, -0.2) is 26.4 Å². The Hall–Kier alpha value is -1.79. The molecule has 1 aromatic heterocycles. The summed E-state index contributed by atoms with van der Waals surface area (Å²) in [4.78, 5) is 12.2. The zero-order valence-corrected chi connectivity index (χ0v) is 16.9. The largest absolute Gasteiger partial charge is 0.351 e. The molecule has 3 rings (SSSR count). The summed E-state index contributed by atoms with van der Waals surface area (Å²) in [5.74, 6) is 1.80. The van der Waals surface area contributed by atoms with E-state index in [2.05, 4.69) is 26.7 Å². The van der Waals surface area contributed by atoms with Gasteiger partial charge in [0.25, 0.3) is 0 Å². The summed E-state index contributed by atoms with van der Waals surface area (Å²) in [6, 6.07) is 7.46. The van der Waals surface area contributed by atoms with Gasteiger partial charge in [-0.25, -0.2) is 0 Å². The Labute approximate surface area is 169 Å². The van der Waals surface area contributed by atoms with Crippen molar-refractivity contribution in [2.45, 2.75) is 56.3 Å². The molecule has 0 spiro atoms. The Morgan fingerprint density at radius 2 is 2.00 bits per heavy atom. The second kappa shape index (κ2) is 9.95. The van der Waals surface area contributed by atoms with Crippen molar-refractivity contribution in [3.05, 3.63) is 53.3 Å². The quantitative estimate of drug-likeness (QED) is 0.517. The van der Waals surface area contributed by atoms with Gasteiger partial charge in [0, 0.05) is 24.0 Å². The molecule has 0 unspecified atom stereocenters. The molecule has 1 fully saturated rings. The van der Waals surface area contributed by atoms with Gasteiger partial charge in [-0.05, 0) is 30.5 Å². The third-order valence-corrected chi connectivity index (χ3v) is 5.98. The molecule has 27 heavy (non-hydrogen) atoms. The number of rotatable bonds is 8. The fourth-order valence-corrected chi connectivity index (χ4v) is 4.27. The number of halogens is 1. The van der Waals surface area contributed by atoms with Gasteiger partial charge in [-0.1, -0.05) is 60.8 Å². The first-order valence-corrected chi connectivity index (χ1v) is 10.7. The number of thioether (sulfide) groups is 1. The first-order chi connectivity index (χ1) is 13.2. The van der Waals surface area contributed by atoms with E-state index < -0.39 is 0 Å². The highest BCUT2D eigenvalue weighted by Crippen LogP contribution is 2.33. The first kappa shape index (κ1) is 20.0. The van der Waals surface area contributed by atoms with Crippen LogP contribution in [0.5, 0.6) is 0 Å². The van der Waals surface area contributed by atoms with Crippen molar-refractivity contribution in [1.29, 1.82) is 0 Å². The first-order valence-electron chi connectivity index (χ1n) is 9.35. The van der Waals surface area contributed by atoms with Crippen molar-refractivity contribution in [2.24, 2.45) is 0 Å². The molecule has 1 saturated carbocycles. The summed E-state index contributed by atoms with van der Waals surface area (Å²) in [7, 11) is 0. The number of carbonyl (C=O) groups is 1. The Morgan fingerprint density at radius 3 is 2.70 bits per heavy atom. The smallest absolute Gasteiger partial charge is 0.230 e. The van der Waals surface area contributed by atoms with Crippen LogP contribution < -0.4 is 5.32 Å². The lowest BCUT2D eigenvalue weighted by Gasteiger charge is -2.21. The van der Waals surface area contributed by atoms with Crippen molar-refractivity contribution in [2.75, 3.05) is 5.75 Å². The van der Waals surface area contributed by atoms with Gasteiger partial charge in [0.2, 0.25) is 5.91 Å². The number of carbonyl (C=O) groups excluding carboxylic acids is 1. The molecule has 5 nitrogen and oxygen atoms in total. The van der Waals surface area contributed by atoms with Gasteiger partial charge >= 0.3 is 0 Å². The molecule has 1 aliphatic carbocycles. The molecular weight excluding hydrogens is 380 g/mol. The topological polar surface area (TPSA) is 59.8 Å². The van der Waals surface area contributed by atoms with Crippen molar-refractivity contribution in [1.82, 2.24) is 20.1 Å². The number of amides is 1. The van der Waals surface area contributed by atoms with Gasteiger partial charge in [-0.15, -0.1) is 16.8 Å². The predicted molar refractivity (Wildman–Crippen MR) is 110 cm³/mol. The number of hydrogen-bond donors (Lipinski definition) is 1. The average molecular weight is 405 g/mol. The van der Waals surface area contributed by atoms with Gasteiger partial charge in [0.05, 0.1) is 5.75 Å². The van der Waals surface area contributed by atoms with Crippen molar-refractivity contribution in [3.8, 4) is 0 Å². The molecule has 0 radical (unpaired) electrons. The monoisotopic (exact) mass is 404 g/mol. The fraction of sp³-hybridized carbons (Fsp3) is 0.450. The fourth-order valence-electron chi connectivity index (χ4n) is 3.35. The summed E-state index contributed by atoms with van der Waals surface area (Å²) in [5, 5.41) is 13.2. The van der Waals surface area contributed by atoms with Crippen LogP contribution in [0.4, 0.5) is 0 Å². The summed E-state index contributed by atoms with van der Waals surface area (Å²) in [6.07, 6.45) is 8.01. The molecule has 0 bridgehead atoms. The number of hydrogen-bond acceptors (Lipinski definition) is 4. The average Bonchev–Trinajstić information content (AvgIpc) is 3.09. The standard InChI is InChI=1S/C20H25ClN4OS/c1-2-12-25-19(16-6-4-3-5-7-16)23-24-20(25)27-14-18(26)22-13-15-8-10-17(21)11-9-15/h2,8-11,16H,1,3-7,12-14H2,(H,22,26). The lowest BCUT2D eigenvalue weighted by molar-refractivity contribution is -0.118. The summed E-state index contributed by atoms with van der Waals surface area (Å²) < 4.78 is 2.11. The number of benzene rings is 1. The number of nitrogens with one attached hydrogen (secondary N) is 1. The highest BCUT2D eigenvalue weighted by atomic mass is 35.5. The van der Waals surface area contributed by atoms with Crippen LogP contribution in [0.1, 0.15) is 49.4 Å². The van der Waals surface area contributed by atoms with Crippen molar-refractivity contribution < 1.29 is 4.79 Å². The van der Waals surface area contributed by atoms with Crippen molar-refractivity contribution >= 4 is 29.3 Å². The van der Waals surface area contributed by atoms with Gasteiger partial charge < -0.3 is 9.88 Å². The van der Waals surface area contributed by atoms with Gasteiger partial charge in [-0.3, -0.25) is 4.79 Å². The molecule has 1 aliphatic rings. The van der Waals surface area contributed by atoms with E-state index in [1.54, 1.807) is 0 Å².